The van der Waals surface area contributed by atoms with Crippen LogP contribution in [0.4, 0.5) is 5.69 Å². The van der Waals surface area contributed by atoms with E-state index >= 15 is 0 Å². The summed E-state index contributed by atoms with van der Waals surface area (Å²) < 4.78 is 0. The fourth-order valence-electron chi connectivity index (χ4n) is 3.75. The van der Waals surface area contributed by atoms with Crippen LogP contribution in [0.25, 0.3) is 22.3 Å². The monoisotopic (exact) mass is 350 g/mol. The summed E-state index contributed by atoms with van der Waals surface area (Å²) in [6, 6.07) is 2.40. The van der Waals surface area contributed by atoms with Crippen LogP contribution in [0.3, 0.4) is 0 Å². The minimum absolute atomic E-state index is 0.325. The maximum Gasteiger partial charge on any atom is 0.376 e. The smallest absolute Gasteiger partial charge is 0.376 e. The van der Waals surface area contributed by atoms with Gasteiger partial charge in [-0.15, -0.1) is 0 Å². The maximum atomic E-state index is 9.94. The third-order valence-corrected chi connectivity index (χ3v) is 5.29. The number of anilines is 1. The van der Waals surface area contributed by atoms with Crippen LogP contribution in [0.2, 0.25) is 6.82 Å². The first-order valence-electron chi connectivity index (χ1n) is 9.02. The van der Waals surface area contributed by atoms with E-state index in [1.165, 1.54) is 0 Å². The summed E-state index contributed by atoms with van der Waals surface area (Å²) in [5.74, 6) is 0. The molecule has 0 aliphatic carbocycles. The van der Waals surface area contributed by atoms with Gasteiger partial charge in [0, 0.05) is 49.5 Å². The maximum absolute atomic E-state index is 9.94. The highest BCUT2D eigenvalue weighted by Gasteiger charge is 2.28. The Balaban J connectivity index is 1.74. The van der Waals surface area contributed by atoms with Gasteiger partial charge in [0.25, 0.3) is 0 Å². The number of aromatic nitrogens is 4. The quantitative estimate of drug-likeness (QED) is 0.701. The summed E-state index contributed by atoms with van der Waals surface area (Å²) in [4.78, 5) is 20.8. The number of H-pyrrole nitrogens is 1. The summed E-state index contributed by atoms with van der Waals surface area (Å²) in [7, 11) is 1.54. The van der Waals surface area contributed by atoms with Crippen LogP contribution in [-0.4, -0.2) is 63.0 Å². The molecule has 0 aromatic carbocycles. The van der Waals surface area contributed by atoms with Gasteiger partial charge < -0.3 is 19.7 Å². The zero-order valence-corrected chi connectivity index (χ0v) is 15.1. The number of likely N-dealkylation sites (N-methyl/N-ethyl adjacent to an activating group) is 1. The van der Waals surface area contributed by atoms with Crippen molar-refractivity contribution in [2.45, 2.75) is 25.7 Å². The average Bonchev–Trinajstić information content (AvgIpc) is 3.12. The lowest BCUT2D eigenvalue weighted by atomic mass is 9.82. The van der Waals surface area contributed by atoms with Crippen molar-refractivity contribution in [3.8, 4) is 11.3 Å². The van der Waals surface area contributed by atoms with Crippen molar-refractivity contribution in [3.63, 3.8) is 0 Å². The van der Waals surface area contributed by atoms with E-state index in [2.05, 4.69) is 30.9 Å². The number of pyridine rings is 1. The molecule has 4 heterocycles. The van der Waals surface area contributed by atoms with E-state index in [4.69, 9.17) is 0 Å². The Kier molecular flexibility index (Phi) is 4.61. The van der Waals surface area contributed by atoms with E-state index < -0.39 is 7.05 Å². The van der Waals surface area contributed by atoms with E-state index in [9.17, 15) is 5.02 Å². The standard InChI is InChI=1S/C18H23BN6O/c1-19(26)24(2)13-4-3-9-25(12-13)16-5-6-22-18-17(16)14(10-23-18)15-11-20-7-8-21-15/h5-8,10-11,13,26H,3-4,9,12H2,1-2H3,(H,22,23)/t13-/m0/s1. The molecule has 2 N–H and O–H groups in total. The van der Waals surface area contributed by atoms with Gasteiger partial charge in [-0.1, -0.05) is 0 Å². The molecule has 8 heteroatoms. The first-order chi connectivity index (χ1) is 12.6. The third-order valence-electron chi connectivity index (χ3n) is 5.29. The molecule has 3 aromatic rings. The van der Waals surface area contributed by atoms with Crippen molar-refractivity contribution >= 4 is 23.8 Å². The predicted molar refractivity (Wildman–Crippen MR) is 104 cm³/mol. The molecule has 0 radical (unpaired) electrons. The number of nitrogens with one attached hydrogen (secondary N) is 1. The highest BCUT2D eigenvalue weighted by Crippen LogP contribution is 2.35. The Morgan fingerprint density at radius 2 is 2.19 bits per heavy atom. The average molecular weight is 350 g/mol. The number of rotatable bonds is 4. The van der Waals surface area contributed by atoms with Crippen molar-refractivity contribution in [3.05, 3.63) is 37.1 Å². The van der Waals surface area contributed by atoms with Crippen LogP contribution in [0.15, 0.2) is 37.1 Å². The van der Waals surface area contributed by atoms with Crippen molar-refractivity contribution in [1.82, 2.24) is 24.7 Å². The second-order valence-corrected chi connectivity index (χ2v) is 6.89. The predicted octanol–water partition coefficient (Wildman–Crippen LogP) is 2.03. The lowest BCUT2D eigenvalue weighted by Gasteiger charge is -2.39. The lowest BCUT2D eigenvalue weighted by molar-refractivity contribution is 0.291. The molecule has 1 aliphatic heterocycles. The molecule has 0 amide bonds. The molecule has 26 heavy (non-hydrogen) atoms. The lowest BCUT2D eigenvalue weighted by Crippen LogP contribution is -2.51. The molecule has 1 saturated heterocycles. The summed E-state index contributed by atoms with van der Waals surface area (Å²) in [6.07, 6.45) is 11.1. The molecule has 0 bridgehead atoms. The molecule has 3 aromatic heterocycles. The number of aromatic amines is 1. The summed E-state index contributed by atoms with van der Waals surface area (Å²) in [5.41, 5.74) is 3.86. The van der Waals surface area contributed by atoms with E-state index in [0.717, 1.165) is 53.9 Å². The topological polar surface area (TPSA) is 81.2 Å². The molecule has 1 aliphatic rings. The van der Waals surface area contributed by atoms with Gasteiger partial charge in [0.1, 0.15) is 5.65 Å². The van der Waals surface area contributed by atoms with Crippen molar-refractivity contribution in [2.75, 3.05) is 25.0 Å². The number of hydrogen-bond acceptors (Lipinski definition) is 6. The van der Waals surface area contributed by atoms with Crippen LogP contribution in [0.5, 0.6) is 0 Å². The van der Waals surface area contributed by atoms with Crippen LogP contribution < -0.4 is 4.90 Å². The minimum Gasteiger partial charge on any atom is -0.437 e. The molecule has 7 nitrogen and oxygen atoms in total. The van der Waals surface area contributed by atoms with Crippen LogP contribution in [-0.2, 0) is 0 Å². The van der Waals surface area contributed by atoms with E-state index in [0.29, 0.717) is 6.04 Å². The Morgan fingerprint density at radius 3 is 2.96 bits per heavy atom. The number of fused-ring (bicyclic) bond motifs is 1. The zero-order valence-electron chi connectivity index (χ0n) is 15.1. The van der Waals surface area contributed by atoms with Gasteiger partial charge in [-0.3, -0.25) is 9.97 Å². The van der Waals surface area contributed by atoms with Crippen LogP contribution >= 0.6 is 0 Å². The number of piperidine rings is 1. The van der Waals surface area contributed by atoms with Crippen LogP contribution in [0, 0.1) is 0 Å². The van der Waals surface area contributed by atoms with Crippen molar-refractivity contribution in [2.24, 2.45) is 0 Å². The van der Waals surface area contributed by atoms with Gasteiger partial charge in [0.05, 0.1) is 23.0 Å². The Labute approximate surface area is 153 Å². The molecule has 134 valence electrons. The zero-order chi connectivity index (χ0) is 18.1. The van der Waals surface area contributed by atoms with Crippen LogP contribution in [0.1, 0.15) is 12.8 Å². The van der Waals surface area contributed by atoms with Gasteiger partial charge in [-0.25, -0.2) is 4.98 Å². The fourth-order valence-corrected chi connectivity index (χ4v) is 3.75. The Morgan fingerprint density at radius 1 is 1.31 bits per heavy atom. The highest BCUT2D eigenvalue weighted by molar-refractivity contribution is 6.45. The van der Waals surface area contributed by atoms with Gasteiger partial charge in [0.2, 0.25) is 0 Å². The van der Waals surface area contributed by atoms with Crippen molar-refractivity contribution < 1.29 is 5.02 Å². The molecular formula is C18H23BN6O. The number of hydrogen-bond donors (Lipinski definition) is 2. The summed E-state index contributed by atoms with van der Waals surface area (Å²) in [6.45, 7) is 3.70. The molecule has 1 atom stereocenters. The van der Waals surface area contributed by atoms with Gasteiger partial charge >= 0.3 is 7.05 Å². The summed E-state index contributed by atoms with van der Waals surface area (Å²) >= 11 is 0. The molecule has 0 saturated carbocycles. The van der Waals surface area contributed by atoms with E-state index in [1.54, 1.807) is 18.6 Å². The van der Waals surface area contributed by atoms with E-state index in [1.807, 2.05) is 31.1 Å². The van der Waals surface area contributed by atoms with E-state index in [-0.39, 0.29) is 0 Å². The van der Waals surface area contributed by atoms with Gasteiger partial charge in [-0.2, -0.15) is 0 Å². The molecule has 4 rings (SSSR count). The molecule has 0 spiro atoms. The normalized spacial score (nSPS) is 17.8. The SMILES string of the molecule is CB(O)N(C)[C@H]1CCCN(c2ccnc3[nH]cc(-c4cnccn4)c23)C1. The molecule has 1 fully saturated rings. The fraction of sp³-hybridized carbons (Fsp3) is 0.389. The first-order valence-corrected chi connectivity index (χ1v) is 9.02. The first kappa shape index (κ1) is 17.0. The third kappa shape index (κ3) is 3.06. The molecular weight excluding hydrogens is 327 g/mol. The second-order valence-electron chi connectivity index (χ2n) is 6.89. The Bertz CT molecular complexity index is 884. The largest absolute Gasteiger partial charge is 0.437 e. The highest BCUT2D eigenvalue weighted by atomic mass is 16.2. The van der Waals surface area contributed by atoms with Crippen molar-refractivity contribution in [1.29, 1.82) is 0 Å². The second kappa shape index (κ2) is 7.05. The van der Waals surface area contributed by atoms with Gasteiger partial charge in [0.15, 0.2) is 0 Å². The Hall–Kier alpha value is -2.45. The van der Waals surface area contributed by atoms with Gasteiger partial charge in [-0.05, 0) is 32.8 Å². The summed E-state index contributed by atoms with van der Waals surface area (Å²) in [5, 5.41) is 11.0. The molecule has 0 unspecified atom stereocenters. The minimum atomic E-state index is -0.445. The number of nitrogens with zero attached hydrogens (tertiary/aromatic N) is 5.